The predicted octanol–water partition coefficient (Wildman–Crippen LogP) is 2.17. The zero-order chi connectivity index (χ0) is 8.53. The van der Waals surface area contributed by atoms with Crippen LogP contribution in [0.2, 0.25) is 0 Å². The van der Waals surface area contributed by atoms with Crippen LogP contribution in [0.1, 0.15) is 6.92 Å². The highest BCUT2D eigenvalue weighted by atomic mass is 16.5. The average Bonchev–Trinajstić information content (AvgIpc) is 2.05. The third kappa shape index (κ3) is 4.98. The lowest BCUT2D eigenvalue weighted by Gasteiger charge is -1.95. The molecule has 0 heterocycles. The number of rotatable bonds is 4. The van der Waals surface area contributed by atoms with E-state index in [9.17, 15) is 0 Å². The van der Waals surface area contributed by atoms with E-state index < -0.39 is 0 Å². The molecule has 0 aromatic carbocycles. The summed E-state index contributed by atoms with van der Waals surface area (Å²) in [5.74, 6) is 0. The van der Waals surface area contributed by atoms with Crippen molar-refractivity contribution in [2.75, 3.05) is 6.61 Å². The number of nitriles is 1. The molecule has 0 spiro atoms. The maximum atomic E-state index is 8.09. The SMILES string of the molecule is C=C/C=C\C(=C/C)COC#N. The first-order chi connectivity index (χ1) is 5.35. The minimum absolute atomic E-state index is 0.331. The summed E-state index contributed by atoms with van der Waals surface area (Å²) in [6.07, 6.45) is 8.82. The van der Waals surface area contributed by atoms with Crippen LogP contribution in [0.25, 0.3) is 0 Å². The number of hydrogen-bond acceptors (Lipinski definition) is 2. The van der Waals surface area contributed by atoms with Gasteiger partial charge in [-0.2, -0.15) is 5.26 Å². The Morgan fingerprint density at radius 1 is 1.73 bits per heavy atom. The normalized spacial score (nSPS) is 11.1. The van der Waals surface area contributed by atoms with Crippen LogP contribution in [-0.2, 0) is 4.74 Å². The van der Waals surface area contributed by atoms with Gasteiger partial charge in [-0.15, -0.1) is 0 Å². The van der Waals surface area contributed by atoms with Gasteiger partial charge in [-0.3, -0.25) is 0 Å². The summed E-state index contributed by atoms with van der Waals surface area (Å²) in [6.45, 7) is 5.75. The molecule has 0 aliphatic carbocycles. The number of nitrogens with zero attached hydrogens (tertiary/aromatic N) is 1. The molecule has 0 aliphatic heterocycles. The average molecular weight is 149 g/mol. The van der Waals surface area contributed by atoms with Crippen molar-refractivity contribution in [3.63, 3.8) is 0 Å². The molecule has 0 bridgehead atoms. The van der Waals surface area contributed by atoms with Gasteiger partial charge in [0.05, 0.1) is 0 Å². The maximum absolute atomic E-state index is 8.09. The second kappa shape index (κ2) is 6.63. The van der Waals surface area contributed by atoms with Crippen molar-refractivity contribution in [1.29, 1.82) is 5.26 Å². The van der Waals surface area contributed by atoms with Crippen molar-refractivity contribution in [2.45, 2.75) is 6.92 Å². The highest BCUT2D eigenvalue weighted by molar-refractivity contribution is 5.21. The second-order valence-corrected chi connectivity index (χ2v) is 1.84. The van der Waals surface area contributed by atoms with Gasteiger partial charge in [-0.05, 0) is 12.5 Å². The van der Waals surface area contributed by atoms with E-state index in [0.29, 0.717) is 6.61 Å². The van der Waals surface area contributed by atoms with Gasteiger partial charge in [0, 0.05) is 0 Å². The van der Waals surface area contributed by atoms with Gasteiger partial charge in [0.25, 0.3) is 6.26 Å². The van der Waals surface area contributed by atoms with Gasteiger partial charge in [0.1, 0.15) is 6.61 Å². The third-order valence-corrected chi connectivity index (χ3v) is 1.12. The Morgan fingerprint density at radius 3 is 2.91 bits per heavy atom. The summed E-state index contributed by atoms with van der Waals surface area (Å²) in [5, 5.41) is 8.09. The lowest BCUT2D eigenvalue weighted by Crippen LogP contribution is -1.89. The largest absolute Gasteiger partial charge is 0.423 e. The Hall–Kier alpha value is -1.49. The quantitative estimate of drug-likeness (QED) is 0.453. The van der Waals surface area contributed by atoms with Crippen molar-refractivity contribution in [2.24, 2.45) is 0 Å². The van der Waals surface area contributed by atoms with E-state index in [1.165, 1.54) is 0 Å². The molecule has 58 valence electrons. The van der Waals surface area contributed by atoms with Gasteiger partial charge in [0.2, 0.25) is 0 Å². The molecular formula is C9H11NO. The molecular weight excluding hydrogens is 138 g/mol. The summed E-state index contributed by atoms with van der Waals surface area (Å²) in [5.41, 5.74) is 0.964. The molecule has 0 aromatic heterocycles. The van der Waals surface area contributed by atoms with Crippen LogP contribution in [0.4, 0.5) is 0 Å². The number of ether oxygens (including phenoxy) is 1. The zero-order valence-electron chi connectivity index (χ0n) is 6.58. The summed E-state index contributed by atoms with van der Waals surface area (Å²) >= 11 is 0. The molecule has 0 saturated heterocycles. The first kappa shape index (κ1) is 9.51. The Balaban J connectivity index is 3.89. The van der Waals surface area contributed by atoms with Crippen molar-refractivity contribution >= 4 is 0 Å². The van der Waals surface area contributed by atoms with Gasteiger partial charge < -0.3 is 4.74 Å². The smallest absolute Gasteiger partial charge is 0.286 e. The molecule has 0 aromatic rings. The van der Waals surface area contributed by atoms with Crippen molar-refractivity contribution in [1.82, 2.24) is 0 Å². The van der Waals surface area contributed by atoms with E-state index in [-0.39, 0.29) is 0 Å². The van der Waals surface area contributed by atoms with Crippen LogP contribution in [0.15, 0.2) is 36.5 Å². The molecule has 0 fully saturated rings. The molecule has 0 radical (unpaired) electrons. The fraction of sp³-hybridized carbons (Fsp3) is 0.222. The van der Waals surface area contributed by atoms with E-state index in [1.54, 1.807) is 18.4 Å². The van der Waals surface area contributed by atoms with Crippen molar-refractivity contribution < 1.29 is 4.74 Å². The van der Waals surface area contributed by atoms with Crippen molar-refractivity contribution in [3.8, 4) is 6.26 Å². The molecule has 2 heteroatoms. The fourth-order valence-corrected chi connectivity index (χ4v) is 0.535. The van der Waals surface area contributed by atoms with Crippen LogP contribution in [-0.4, -0.2) is 6.61 Å². The van der Waals surface area contributed by atoms with E-state index in [1.807, 2.05) is 19.1 Å². The number of hydrogen-bond donors (Lipinski definition) is 0. The Morgan fingerprint density at radius 2 is 2.45 bits per heavy atom. The summed E-state index contributed by atoms with van der Waals surface area (Å²) in [7, 11) is 0. The minimum atomic E-state index is 0.331. The van der Waals surface area contributed by atoms with Crippen LogP contribution < -0.4 is 0 Å². The molecule has 11 heavy (non-hydrogen) atoms. The predicted molar refractivity (Wildman–Crippen MR) is 44.7 cm³/mol. The highest BCUT2D eigenvalue weighted by Gasteiger charge is 1.88. The molecule has 0 saturated carbocycles. The first-order valence-corrected chi connectivity index (χ1v) is 3.30. The van der Waals surface area contributed by atoms with Crippen LogP contribution in [0.3, 0.4) is 0 Å². The standard InChI is InChI=1S/C9H11NO/c1-3-5-6-9(4-2)7-11-8-10/h3-6H,1,7H2,2H3/b6-5-,9-4+. The Kier molecular flexibility index (Phi) is 5.73. The Labute approximate surface area is 67.1 Å². The Bertz CT molecular complexity index is 208. The molecule has 0 aliphatic rings. The second-order valence-electron chi connectivity index (χ2n) is 1.84. The van der Waals surface area contributed by atoms with Crippen LogP contribution in [0.5, 0.6) is 0 Å². The van der Waals surface area contributed by atoms with Gasteiger partial charge in [0.15, 0.2) is 0 Å². The first-order valence-electron chi connectivity index (χ1n) is 3.30. The lowest BCUT2D eigenvalue weighted by atomic mass is 10.2. The molecule has 0 atom stereocenters. The van der Waals surface area contributed by atoms with Crippen LogP contribution >= 0.6 is 0 Å². The van der Waals surface area contributed by atoms with E-state index >= 15 is 0 Å². The van der Waals surface area contributed by atoms with E-state index in [4.69, 9.17) is 5.26 Å². The fourth-order valence-electron chi connectivity index (χ4n) is 0.535. The summed E-state index contributed by atoms with van der Waals surface area (Å²) < 4.78 is 4.54. The molecule has 2 nitrogen and oxygen atoms in total. The van der Waals surface area contributed by atoms with Crippen molar-refractivity contribution in [3.05, 3.63) is 36.5 Å². The molecule has 0 unspecified atom stereocenters. The maximum Gasteiger partial charge on any atom is 0.286 e. The highest BCUT2D eigenvalue weighted by Crippen LogP contribution is 1.96. The molecule has 0 N–H and O–H groups in total. The summed E-state index contributed by atoms with van der Waals surface area (Å²) in [4.78, 5) is 0. The third-order valence-electron chi connectivity index (χ3n) is 1.12. The van der Waals surface area contributed by atoms with Crippen LogP contribution in [0, 0.1) is 11.5 Å². The monoisotopic (exact) mass is 149 g/mol. The van der Waals surface area contributed by atoms with Gasteiger partial charge in [-0.25, -0.2) is 0 Å². The lowest BCUT2D eigenvalue weighted by molar-refractivity contribution is 0.305. The summed E-state index contributed by atoms with van der Waals surface area (Å²) in [6, 6.07) is 0. The van der Waals surface area contributed by atoms with E-state index in [2.05, 4.69) is 11.3 Å². The zero-order valence-corrected chi connectivity index (χ0v) is 6.58. The molecule has 0 amide bonds. The topological polar surface area (TPSA) is 33.0 Å². The van der Waals surface area contributed by atoms with Gasteiger partial charge >= 0.3 is 0 Å². The minimum Gasteiger partial charge on any atom is -0.423 e. The van der Waals surface area contributed by atoms with E-state index in [0.717, 1.165) is 5.57 Å². The number of allylic oxidation sites excluding steroid dienone is 3. The molecule has 0 rings (SSSR count). The van der Waals surface area contributed by atoms with Gasteiger partial charge in [-0.1, -0.05) is 30.9 Å².